The second-order valence-electron chi connectivity index (χ2n) is 7.64. The molecule has 0 spiro atoms. The van der Waals surface area contributed by atoms with Gasteiger partial charge in [-0.25, -0.2) is 0 Å². The fourth-order valence-electron chi connectivity index (χ4n) is 5.56. The van der Waals surface area contributed by atoms with Gasteiger partial charge >= 0.3 is 0 Å². The Morgan fingerprint density at radius 3 is 2.27 bits per heavy atom. The molecular formula is C20H24O2. The Morgan fingerprint density at radius 1 is 1.09 bits per heavy atom. The summed E-state index contributed by atoms with van der Waals surface area (Å²) in [6.07, 6.45) is 11.3. The Bertz CT molecular complexity index is 579. The summed E-state index contributed by atoms with van der Waals surface area (Å²) in [4.78, 5) is 12.9. The van der Waals surface area contributed by atoms with Gasteiger partial charge in [-0.15, -0.1) is 0 Å². The molecule has 5 rings (SSSR count). The molecule has 1 aromatic rings. The second kappa shape index (κ2) is 5.26. The molecule has 0 atom stereocenters. The van der Waals surface area contributed by atoms with E-state index in [-0.39, 0.29) is 5.41 Å². The van der Waals surface area contributed by atoms with Gasteiger partial charge in [-0.3, -0.25) is 4.79 Å². The van der Waals surface area contributed by atoms with Gasteiger partial charge < -0.3 is 4.74 Å². The Hall–Kier alpha value is -1.57. The normalized spacial score (nSPS) is 36.0. The van der Waals surface area contributed by atoms with Gasteiger partial charge in [0.15, 0.2) is 5.78 Å². The Kier molecular flexibility index (Phi) is 3.36. The molecular weight excluding hydrogens is 272 g/mol. The average molecular weight is 296 g/mol. The molecule has 2 heteroatoms. The number of carbonyl (C=O) groups excluding carboxylic acids is 1. The summed E-state index contributed by atoms with van der Waals surface area (Å²) in [6, 6.07) is 7.88. The smallest absolute Gasteiger partial charge is 0.161 e. The third kappa shape index (κ3) is 2.29. The van der Waals surface area contributed by atoms with Crippen LogP contribution in [0.5, 0.6) is 5.75 Å². The van der Waals surface area contributed by atoms with Crippen LogP contribution in [0.25, 0.3) is 6.08 Å². The molecule has 1 aromatic carbocycles. The Balaban J connectivity index is 1.56. The number of hydrogen-bond acceptors (Lipinski definition) is 2. The predicted octanol–water partition coefficient (Wildman–Crippen LogP) is 4.49. The van der Waals surface area contributed by atoms with Crippen molar-refractivity contribution >= 4 is 11.9 Å². The number of methoxy groups -OCH3 is 1. The van der Waals surface area contributed by atoms with Crippen molar-refractivity contribution in [2.24, 2.45) is 23.2 Å². The molecule has 0 saturated heterocycles. The number of benzene rings is 1. The van der Waals surface area contributed by atoms with E-state index >= 15 is 0 Å². The van der Waals surface area contributed by atoms with Gasteiger partial charge in [0, 0.05) is 11.0 Å². The molecule has 0 heterocycles. The SMILES string of the molecule is COc1ccccc1/C=C/C(=O)C12CC3CC(CC(C3)C1)C2. The summed E-state index contributed by atoms with van der Waals surface area (Å²) in [5, 5.41) is 0. The first-order chi connectivity index (χ1) is 10.7. The third-order valence-corrected chi connectivity index (χ3v) is 6.11. The van der Waals surface area contributed by atoms with E-state index in [4.69, 9.17) is 4.74 Å². The van der Waals surface area contributed by atoms with Crippen LogP contribution in [0.15, 0.2) is 30.3 Å². The van der Waals surface area contributed by atoms with Crippen LogP contribution >= 0.6 is 0 Å². The van der Waals surface area contributed by atoms with E-state index in [0.29, 0.717) is 5.78 Å². The lowest BCUT2D eigenvalue weighted by Crippen LogP contribution is -2.49. The van der Waals surface area contributed by atoms with Crippen LogP contribution in [0.1, 0.15) is 44.1 Å². The van der Waals surface area contributed by atoms with E-state index in [0.717, 1.165) is 48.3 Å². The Labute approximate surface area is 132 Å². The number of ketones is 1. The zero-order valence-corrected chi connectivity index (χ0v) is 13.3. The average Bonchev–Trinajstić information content (AvgIpc) is 2.51. The quantitative estimate of drug-likeness (QED) is 0.765. The summed E-state index contributed by atoms with van der Waals surface area (Å²) >= 11 is 0. The number of ether oxygens (including phenoxy) is 1. The zero-order chi connectivity index (χ0) is 15.2. The molecule has 2 nitrogen and oxygen atoms in total. The second-order valence-corrected chi connectivity index (χ2v) is 7.64. The Morgan fingerprint density at radius 2 is 1.68 bits per heavy atom. The van der Waals surface area contributed by atoms with Crippen molar-refractivity contribution in [3.05, 3.63) is 35.9 Å². The number of carbonyl (C=O) groups is 1. The maximum absolute atomic E-state index is 12.9. The van der Waals surface area contributed by atoms with Gasteiger partial charge in [-0.2, -0.15) is 0 Å². The molecule has 0 aromatic heterocycles. The third-order valence-electron chi connectivity index (χ3n) is 6.11. The summed E-state index contributed by atoms with van der Waals surface area (Å²) in [5.41, 5.74) is 0.955. The minimum atomic E-state index is -0.0345. The monoisotopic (exact) mass is 296 g/mol. The molecule has 116 valence electrons. The maximum atomic E-state index is 12.9. The molecule has 0 amide bonds. The first-order valence-corrected chi connectivity index (χ1v) is 8.54. The van der Waals surface area contributed by atoms with Gasteiger partial charge in [0.2, 0.25) is 0 Å². The van der Waals surface area contributed by atoms with E-state index < -0.39 is 0 Å². The van der Waals surface area contributed by atoms with Gasteiger partial charge in [0.1, 0.15) is 5.75 Å². The molecule has 4 saturated carbocycles. The summed E-state index contributed by atoms with van der Waals surface area (Å²) in [6.45, 7) is 0. The van der Waals surface area contributed by atoms with Gasteiger partial charge in [0.25, 0.3) is 0 Å². The lowest BCUT2D eigenvalue weighted by molar-refractivity contribution is -0.138. The largest absolute Gasteiger partial charge is 0.496 e. The fraction of sp³-hybridized carbons (Fsp3) is 0.550. The molecule has 0 unspecified atom stereocenters. The molecule has 0 aliphatic heterocycles. The van der Waals surface area contributed by atoms with Crippen LogP contribution in [0.2, 0.25) is 0 Å². The topological polar surface area (TPSA) is 26.3 Å². The standard InChI is InChI=1S/C20H24O2/c1-22-18-5-3-2-4-17(18)6-7-19(21)20-11-14-8-15(12-20)10-16(9-14)13-20/h2-7,14-16H,8-13H2,1H3/b7-6+. The molecule has 4 aliphatic rings. The van der Waals surface area contributed by atoms with Crippen LogP contribution in [-0.2, 0) is 4.79 Å². The van der Waals surface area contributed by atoms with Crippen LogP contribution in [0.4, 0.5) is 0 Å². The van der Waals surface area contributed by atoms with E-state index in [1.165, 1.54) is 19.3 Å². The van der Waals surface area contributed by atoms with Crippen molar-refractivity contribution in [1.29, 1.82) is 0 Å². The highest BCUT2D eigenvalue weighted by molar-refractivity contribution is 5.98. The van der Waals surface area contributed by atoms with Gasteiger partial charge in [0.05, 0.1) is 7.11 Å². The minimum Gasteiger partial charge on any atom is -0.496 e. The maximum Gasteiger partial charge on any atom is 0.161 e. The highest BCUT2D eigenvalue weighted by Crippen LogP contribution is 2.60. The molecule has 4 aliphatic carbocycles. The summed E-state index contributed by atoms with van der Waals surface area (Å²) in [7, 11) is 1.67. The summed E-state index contributed by atoms with van der Waals surface area (Å²) in [5.74, 6) is 3.63. The molecule has 0 radical (unpaired) electrons. The van der Waals surface area contributed by atoms with Crippen LogP contribution in [0.3, 0.4) is 0 Å². The first-order valence-electron chi connectivity index (χ1n) is 8.54. The van der Waals surface area contributed by atoms with Crippen LogP contribution in [-0.4, -0.2) is 12.9 Å². The van der Waals surface area contributed by atoms with Crippen molar-refractivity contribution < 1.29 is 9.53 Å². The van der Waals surface area contributed by atoms with Crippen molar-refractivity contribution in [1.82, 2.24) is 0 Å². The lowest BCUT2D eigenvalue weighted by atomic mass is 9.48. The van der Waals surface area contributed by atoms with Crippen LogP contribution in [0, 0.1) is 23.2 Å². The number of para-hydroxylation sites is 1. The van der Waals surface area contributed by atoms with Gasteiger partial charge in [-0.05, 0) is 74.5 Å². The fourth-order valence-corrected chi connectivity index (χ4v) is 5.56. The van der Waals surface area contributed by atoms with Crippen LogP contribution < -0.4 is 4.74 Å². The molecule has 0 N–H and O–H groups in total. The van der Waals surface area contributed by atoms with E-state index in [9.17, 15) is 4.79 Å². The van der Waals surface area contributed by atoms with Crippen molar-refractivity contribution in [3.8, 4) is 5.75 Å². The van der Waals surface area contributed by atoms with E-state index in [2.05, 4.69) is 0 Å². The lowest BCUT2D eigenvalue weighted by Gasteiger charge is -2.55. The first kappa shape index (κ1) is 14.0. The zero-order valence-electron chi connectivity index (χ0n) is 13.3. The molecule has 22 heavy (non-hydrogen) atoms. The van der Waals surface area contributed by atoms with E-state index in [1.807, 2.05) is 36.4 Å². The van der Waals surface area contributed by atoms with Crippen molar-refractivity contribution in [3.63, 3.8) is 0 Å². The van der Waals surface area contributed by atoms with E-state index in [1.54, 1.807) is 7.11 Å². The molecule has 4 bridgehead atoms. The number of rotatable bonds is 4. The predicted molar refractivity (Wildman–Crippen MR) is 87.6 cm³/mol. The van der Waals surface area contributed by atoms with Gasteiger partial charge in [-0.1, -0.05) is 18.2 Å². The molecule has 4 fully saturated rings. The van der Waals surface area contributed by atoms with Crippen molar-refractivity contribution in [2.45, 2.75) is 38.5 Å². The highest BCUT2D eigenvalue weighted by Gasteiger charge is 2.53. The van der Waals surface area contributed by atoms with Crippen molar-refractivity contribution in [2.75, 3.05) is 7.11 Å². The number of hydrogen-bond donors (Lipinski definition) is 0. The summed E-state index contributed by atoms with van der Waals surface area (Å²) < 4.78 is 5.36. The highest BCUT2D eigenvalue weighted by atomic mass is 16.5. The number of allylic oxidation sites excluding steroid dienone is 1. The minimum absolute atomic E-state index is 0.0345.